The van der Waals surface area contributed by atoms with Crippen molar-refractivity contribution in [2.75, 3.05) is 43.4 Å². The van der Waals surface area contributed by atoms with Gasteiger partial charge in [-0.25, -0.2) is 4.98 Å². The Bertz CT molecular complexity index is 1380. The molecular formula is C26H24N6O. The van der Waals surface area contributed by atoms with Gasteiger partial charge in [0, 0.05) is 60.1 Å². The summed E-state index contributed by atoms with van der Waals surface area (Å²) in [5.41, 5.74) is 6.18. The van der Waals surface area contributed by atoms with E-state index in [1.807, 2.05) is 48.7 Å². The molecule has 1 fully saturated rings. The zero-order valence-electron chi connectivity index (χ0n) is 18.4. The fourth-order valence-electron chi connectivity index (χ4n) is 4.54. The van der Waals surface area contributed by atoms with Crippen molar-refractivity contribution in [3.05, 3.63) is 71.9 Å². The second-order valence-electron chi connectivity index (χ2n) is 8.63. The van der Waals surface area contributed by atoms with E-state index in [0.717, 1.165) is 71.0 Å². The lowest BCUT2D eigenvalue weighted by molar-refractivity contribution is -0.110. The van der Waals surface area contributed by atoms with Crippen molar-refractivity contribution in [1.29, 1.82) is 0 Å². The molecule has 0 atom stereocenters. The van der Waals surface area contributed by atoms with Crippen LogP contribution >= 0.6 is 0 Å². The van der Waals surface area contributed by atoms with E-state index in [9.17, 15) is 4.79 Å². The molecule has 0 unspecified atom stereocenters. The molecule has 6 rings (SSSR count). The predicted molar refractivity (Wildman–Crippen MR) is 132 cm³/mol. The fourth-order valence-corrected chi connectivity index (χ4v) is 4.54. The second kappa shape index (κ2) is 7.86. The summed E-state index contributed by atoms with van der Waals surface area (Å²) < 4.78 is 0. The number of rotatable bonds is 3. The number of anilines is 2. The van der Waals surface area contributed by atoms with Crippen LogP contribution in [0.5, 0.6) is 0 Å². The van der Waals surface area contributed by atoms with Crippen molar-refractivity contribution in [2.24, 2.45) is 0 Å². The van der Waals surface area contributed by atoms with Crippen LogP contribution in [0.1, 0.15) is 11.1 Å². The third-order valence-electron chi connectivity index (χ3n) is 6.46. The summed E-state index contributed by atoms with van der Waals surface area (Å²) in [5, 5.41) is 11.6. The van der Waals surface area contributed by atoms with Gasteiger partial charge in [-0.3, -0.25) is 9.89 Å². The summed E-state index contributed by atoms with van der Waals surface area (Å²) >= 11 is 0. The van der Waals surface area contributed by atoms with Gasteiger partial charge in [-0.2, -0.15) is 5.10 Å². The standard InChI is InChI=1S/C26H24N6O/c1-31-10-12-32(13-11-31)24-9-7-18(16-27-24)25-21-15-17(6-8-23(21)29-30-25)14-20-19-4-2-3-5-22(19)28-26(20)33/h2-9,14-16H,10-13H2,1H3,(H,28,33)(H,29,30). The average molecular weight is 437 g/mol. The van der Waals surface area contributed by atoms with E-state index >= 15 is 0 Å². The van der Waals surface area contributed by atoms with Crippen molar-refractivity contribution >= 4 is 40.0 Å². The van der Waals surface area contributed by atoms with E-state index in [0.29, 0.717) is 5.57 Å². The Morgan fingerprint density at radius 1 is 1.00 bits per heavy atom. The lowest BCUT2D eigenvalue weighted by Gasteiger charge is -2.33. The fraction of sp³-hybridized carbons (Fsp3) is 0.192. The maximum absolute atomic E-state index is 12.5. The largest absolute Gasteiger partial charge is 0.354 e. The van der Waals surface area contributed by atoms with Crippen LogP contribution in [0.25, 0.3) is 33.8 Å². The molecule has 0 spiro atoms. The van der Waals surface area contributed by atoms with Gasteiger partial charge >= 0.3 is 0 Å². The van der Waals surface area contributed by atoms with Crippen molar-refractivity contribution in [3.8, 4) is 11.3 Å². The molecule has 2 aliphatic heterocycles. The first-order chi connectivity index (χ1) is 16.2. The van der Waals surface area contributed by atoms with Gasteiger partial charge < -0.3 is 15.1 Å². The van der Waals surface area contributed by atoms with Crippen LogP contribution in [0.15, 0.2) is 60.8 Å². The van der Waals surface area contributed by atoms with Crippen LogP contribution < -0.4 is 10.2 Å². The number of hydrogen-bond acceptors (Lipinski definition) is 5. The minimum Gasteiger partial charge on any atom is -0.354 e. The summed E-state index contributed by atoms with van der Waals surface area (Å²) in [7, 11) is 2.15. The summed E-state index contributed by atoms with van der Waals surface area (Å²) in [5.74, 6) is 0.926. The Kier molecular flexibility index (Phi) is 4.69. The molecule has 4 heterocycles. The average Bonchev–Trinajstić information content (AvgIpc) is 3.40. The molecule has 1 amide bonds. The molecule has 0 aliphatic carbocycles. The van der Waals surface area contributed by atoms with E-state index in [1.54, 1.807) is 0 Å². The number of aromatic amines is 1. The van der Waals surface area contributed by atoms with Gasteiger partial charge in [0.15, 0.2) is 0 Å². The van der Waals surface area contributed by atoms with E-state index < -0.39 is 0 Å². The monoisotopic (exact) mass is 436 g/mol. The predicted octanol–water partition coefficient (Wildman–Crippen LogP) is 3.87. The van der Waals surface area contributed by atoms with Gasteiger partial charge in [0.05, 0.1) is 5.52 Å². The van der Waals surface area contributed by atoms with Gasteiger partial charge in [-0.15, -0.1) is 0 Å². The molecule has 0 radical (unpaired) electrons. The van der Waals surface area contributed by atoms with Crippen LogP contribution in [0.4, 0.5) is 11.5 Å². The molecule has 7 nitrogen and oxygen atoms in total. The molecule has 33 heavy (non-hydrogen) atoms. The number of amides is 1. The SMILES string of the molecule is CN1CCN(c2ccc(-c3n[nH]c4ccc(C=C5C(=O)Nc6ccccc65)cc34)cn2)CC1. The summed E-state index contributed by atoms with van der Waals surface area (Å²) in [6, 6.07) is 18.0. The molecule has 164 valence electrons. The number of para-hydroxylation sites is 1. The Morgan fingerprint density at radius 3 is 2.67 bits per heavy atom. The van der Waals surface area contributed by atoms with Crippen molar-refractivity contribution in [1.82, 2.24) is 20.1 Å². The van der Waals surface area contributed by atoms with Crippen molar-refractivity contribution in [2.45, 2.75) is 0 Å². The number of H-pyrrole nitrogens is 1. The van der Waals surface area contributed by atoms with E-state index in [-0.39, 0.29) is 5.91 Å². The smallest absolute Gasteiger partial charge is 0.256 e. The van der Waals surface area contributed by atoms with Gasteiger partial charge in [0.1, 0.15) is 11.5 Å². The van der Waals surface area contributed by atoms with Gasteiger partial charge in [0.2, 0.25) is 0 Å². The van der Waals surface area contributed by atoms with Crippen LogP contribution in [0.3, 0.4) is 0 Å². The first-order valence-corrected chi connectivity index (χ1v) is 11.2. The number of nitrogens with one attached hydrogen (secondary N) is 2. The Labute approximate surface area is 191 Å². The zero-order chi connectivity index (χ0) is 22.4. The Balaban J connectivity index is 1.33. The molecule has 2 aromatic heterocycles. The van der Waals surface area contributed by atoms with Crippen LogP contribution in [-0.4, -0.2) is 59.2 Å². The number of likely N-dealkylation sites (N-methyl/N-ethyl adjacent to an activating group) is 1. The Hall–Kier alpha value is -3.97. The van der Waals surface area contributed by atoms with Gasteiger partial charge in [-0.1, -0.05) is 24.3 Å². The van der Waals surface area contributed by atoms with Crippen LogP contribution in [-0.2, 0) is 4.79 Å². The molecule has 0 bridgehead atoms. The Morgan fingerprint density at radius 2 is 1.85 bits per heavy atom. The van der Waals surface area contributed by atoms with Crippen LogP contribution in [0, 0.1) is 0 Å². The summed E-state index contributed by atoms with van der Waals surface area (Å²) in [6.07, 6.45) is 3.83. The van der Waals surface area contributed by atoms with Gasteiger partial charge in [-0.05, 0) is 49.0 Å². The zero-order valence-corrected chi connectivity index (χ0v) is 18.4. The number of nitrogens with zero attached hydrogens (tertiary/aromatic N) is 4. The highest BCUT2D eigenvalue weighted by Crippen LogP contribution is 2.34. The highest BCUT2D eigenvalue weighted by Gasteiger charge is 2.23. The van der Waals surface area contributed by atoms with E-state index in [4.69, 9.17) is 4.98 Å². The second-order valence-corrected chi connectivity index (χ2v) is 8.63. The molecule has 1 saturated heterocycles. The normalized spacial score (nSPS) is 17.5. The number of carbonyl (C=O) groups excluding carboxylic acids is 1. The third-order valence-corrected chi connectivity index (χ3v) is 6.46. The lowest BCUT2D eigenvalue weighted by Crippen LogP contribution is -2.44. The number of benzene rings is 2. The highest BCUT2D eigenvalue weighted by atomic mass is 16.2. The molecule has 2 N–H and O–H groups in total. The molecule has 2 aromatic carbocycles. The number of carbonyl (C=O) groups is 1. The van der Waals surface area contributed by atoms with Crippen LogP contribution in [0.2, 0.25) is 0 Å². The molecule has 4 aromatic rings. The molecule has 7 heteroatoms. The number of hydrogen-bond donors (Lipinski definition) is 2. The summed E-state index contributed by atoms with van der Waals surface area (Å²) in [6.45, 7) is 4.08. The number of piperazine rings is 1. The number of fused-ring (bicyclic) bond motifs is 2. The molecule has 0 saturated carbocycles. The maximum Gasteiger partial charge on any atom is 0.256 e. The van der Waals surface area contributed by atoms with E-state index in [1.165, 1.54) is 0 Å². The first kappa shape index (κ1) is 19.7. The quantitative estimate of drug-likeness (QED) is 0.477. The van der Waals surface area contributed by atoms with Crippen molar-refractivity contribution < 1.29 is 4.79 Å². The first-order valence-electron chi connectivity index (χ1n) is 11.2. The number of pyridine rings is 1. The lowest BCUT2D eigenvalue weighted by atomic mass is 10.0. The highest BCUT2D eigenvalue weighted by molar-refractivity contribution is 6.35. The van der Waals surface area contributed by atoms with Crippen molar-refractivity contribution in [3.63, 3.8) is 0 Å². The topological polar surface area (TPSA) is 77.1 Å². The molecule has 2 aliphatic rings. The summed E-state index contributed by atoms with van der Waals surface area (Å²) in [4.78, 5) is 21.9. The number of aromatic nitrogens is 3. The van der Waals surface area contributed by atoms with Gasteiger partial charge in [0.25, 0.3) is 5.91 Å². The third kappa shape index (κ3) is 3.56. The molecular weight excluding hydrogens is 412 g/mol. The van der Waals surface area contributed by atoms with E-state index in [2.05, 4.69) is 50.6 Å². The minimum atomic E-state index is -0.0765. The maximum atomic E-state index is 12.5. The minimum absolute atomic E-state index is 0.0765.